The van der Waals surface area contributed by atoms with Gasteiger partial charge >= 0.3 is 0 Å². The second kappa shape index (κ2) is 6.15. The smallest absolute Gasteiger partial charge is 0.0958 e. The highest BCUT2D eigenvalue weighted by atomic mass is 79.9. The largest absolute Gasteiger partial charge is 0.372 e. The summed E-state index contributed by atoms with van der Waals surface area (Å²) in [6.07, 6.45) is 2.68. The number of halogens is 1. The van der Waals surface area contributed by atoms with E-state index in [-0.39, 0.29) is 0 Å². The average Bonchev–Trinajstić information content (AvgIpc) is 2.87. The highest BCUT2D eigenvalue weighted by Crippen LogP contribution is 2.38. The van der Waals surface area contributed by atoms with Crippen molar-refractivity contribution in [3.8, 4) is 0 Å². The van der Waals surface area contributed by atoms with Crippen molar-refractivity contribution in [2.24, 2.45) is 5.92 Å². The zero-order valence-electron chi connectivity index (χ0n) is 9.54. The van der Waals surface area contributed by atoms with E-state index >= 15 is 0 Å². The van der Waals surface area contributed by atoms with Crippen molar-refractivity contribution in [1.29, 1.82) is 0 Å². The number of hydrogen-bond donors (Lipinski definition) is 1. The molecule has 0 aliphatic carbocycles. The van der Waals surface area contributed by atoms with Crippen LogP contribution in [-0.2, 0) is 4.74 Å². The quantitative estimate of drug-likeness (QED) is 0.839. The van der Waals surface area contributed by atoms with Crippen molar-refractivity contribution in [3.63, 3.8) is 0 Å². The topological polar surface area (TPSA) is 21.3 Å². The van der Waals surface area contributed by atoms with Crippen LogP contribution in [0.25, 0.3) is 0 Å². The molecule has 4 heteroatoms. The zero-order valence-corrected chi connectivity index (χ0v) is 11.9. The Bertz CT molecular complexity index is 329. The Kier molecular flexibility index (Phi) is 4.82. The number of rotatable bonds is 5. The van der Waals surface area contributed by atoms with Gasteiger partial charge in [-0.1, -0.05) is 6.92 Å². The SMILES string of the molecule is CCCNCC1CCOC1c1ccc(Br)s1. The predicted molar refractivity (Wildman–Crippen MR) is 72.0 cm³/mol. The predicted octanol–water partition coefficient (Wildman–Crippen LogP) is 3.59. The Labute approximate surface area is 110 Å². The summed E-state index contributed by atoms with van der Waals surface area (Å²) in [4.78, 5) is 1.35. The van der Waals surface area contributed by atoms with Crippen LogP contribution in [0.1, 0.15) is 30.7 Å². The van der Waals surface area contributed by atoms with Crippen molar-refractivity contribution in [2.45, 2.75) is 25.9 Å². The van der Waals surface area contributed by atoms with Gasteiger partial charge in [0, 0.05) is 23.9 Å². The van der Waals surface area contributed by atoms with Gasteiger partial charge in [-0.05, 0) is 47.4 Å². The number of thiophene rings is 1. The summed E-state index contributed by atoms with van der Waals surface area (Å²) in [7, 11) is 0. The third-order valence-electron chi connectivity index (χ3n) is 2.92. The van der Waals surface area contributed by atoms with Crippen LogP contribution in [0.2, 0.25) is 0 Å². The lowest BCUT2D eigenvalue weighted by atomic mass is 10.0. The second-order valence-corrected chi connectivity index (χ2v) is 6.68. The maximum atomic E-state index is 5.85. The van der Waals surface area contributed by atoms with Crippen LogP contribution in [0.4, 0.5) is 0 Å². The molecular weight excluding hydrogens is 286 g/mol. The summed E-state index contributed by atoms with van der Waals surface area (Å²) in [5.74, 6) is 0.636. The van der Waals surface area contributed by atoms with Gasteiger partial charge < -0.3 is 10.1 Å². The van der Waals surface area contributed by atoms with Gasteiger partial charge in [0.1, 0.15) is 0 Å². The van der Waals surface area contributed by atoms with E-state index in [1.165, 1.54) is 21.5 Å². The van der Waals surface area contributed by atoms with Gasteiger partial charge in [-0.3, -0.25) is 0 Å². The second-order valence-electron chi connectivity index (χ2n) is 4.19. The summed E-state index contributed by atoms with van der Waals surface area (Å²) in [5.41, 5.74) is 0. The van der Waals surface area contributed by atoms with E-state index in [1.807, 2.05) is 0 Å². The van der Waals surface area contributed by atoms with E-state index < -0.39 is 0 Å². The number of ether oxygens (including phenoxy) is 1. The maximum absolute atomic E-state index is 5.85. The summed E-state index contributed by atoms with van der Waals surface area (Å²) in [6.45, 7) is 5.29. The molecule has 2 nitrogen and oxygen atoms in total. The molecule has 0 spiro atoms. The first kappa shape index (κ1) is 12.6. The number of nitrogens with one attached hydrogen (secondary N) is 1. The van der Waals surface area contributed by atoms with Gasteiger partial charge in [0.05, 0.1) is 9.89 Å². The van der Waals surface area contributed by atoms with Crippen molar-refractivity contribution in [3.05, 3.63) is 20.8 Å². The van der Waals surface area contributed by atoms with E-state index in [2.05, 4.69) is 40.3 Å². The Hall–Kier alpha value is 0.1000. The molecule has 0 bridgehead atoms. The monoisotopic (exact) mass is 303 g/mol. The fraction of sp³-hybridized carbons (Fsp3) is 0.667. The van der Waals surface area contributed by atoms with Gasteiger partial charge in [0.25, 0.3) is 0 Å². The third kappa shape index (κ3) is 3.06. The Morgan fingerprint density at radius 3 is 3.12 bits per heavy atom. The lowest BCUT2D eigenvalue weighted by Gasteiger charge is -2.17. The van der Waals surface area contributed by atoms with Crippen LogP contribution in [0.15, 0.2) is 15.9 Å². The standard InChI is InChI=1S/C12H18BrNOS/c1-2-6-14-8-9-5-7-15-12(9)10-3-4-11(13)16-10/h3-4,9,12,14H,2,5-8H2,1H3. The summed E-state index contributed by atoms with van der Waals surface area (Å²) in [6, 6.07) is 4.29. The third-order valence-corrected chi connectivity index (χ3v) is 4.61. The van der Waals surface area contributed by atoms with Crippen LogP contribution in [0.3, 0.4) is 0 Å². The Morgan fingerprint density at radius 1 is 1.56 bits per heavy atom. The van der Waals surface area contributed by atoms with E-state index in [1.54, 1.807) is 11.3 Å². The Balaban J connectivity index is 1.92. The first-order chi connectivity index (χ1) is 7.81. The molecule has 1 aliphatic rings. The first-order valence-corrected chi connectivity index (χ1v) is 7.49. The van der Waals surface area contributed by atoms with Crippen molar-refractivity contribution in [1.82, 2.24) is 5.32 Å². The molecule has 0 aromatic carbocycles. The van der Waals surface area contributed by atoms with Gasteiger partial charge in [-0.15, -0.1) is 11.3 Å². The fourth-order valence-electron chi connectivity index (χ4n) is 2.10. The molecule has 2 unspecified atom stereocenters. The van der Waals surface area contributed by atoms with E-state index in [4.69, 9.17) is 4.74 Å². The van der Waals surface area contributed by atoms with Crippen LogP contribution < -0.4 is 5.32 Å². The molecule has 2 rings (SSSR count). The molecule has 1 fully saturated rings. The lowest BCUT2D eigenvalue weighted by molar-refractivity contribution is 0.0934. The van der Waals surface area contributed by atoms with Crippen LogP contribution >= 0.6 is 27.3 Å². The summed E-state index contributed by atoms with van der Waals surface area (Å²) >= 11 is 5.30. The summed E-state index contributed by atoms with van der Waals surface area (Å²) in [5, 5.41) is 3.50. The first-order valence-electron chi connectivity index (χ1n) is 5.89. The molecular formula is C12H18BrNOS. The minimum Gasteiger partial charge on any atom is -0.372 e. The van der Waals surface area contributed by atoms with Crippen LogP contribution in [-0.4, -0.2) is 19.7 Å². The van der Waals surface area contributed by atoms with E-state index in [0.717, 1.165) is 19.7 Å². The highest BCUT2D eigenvalue weighted by molar-refractivity contribution is 9.11. The van der Waals surface area contributed by atoms with Crippen molar-refractivity contribution >= 4 is 27.3 Å². The van der Waals surface area contributed by atoms with Gasteiger partial charge in [0.15, 0.2) is 0 Å². The normalized spacial score (nSPS) is 25.1. The molecule has 1 aliphatic heterocycles. The molecule has 1 N–H and O–H groups in total. The molecule has 0 saturated carbocycles. The lowest BCUT2D eigenvalue weighted by Crippen LogP contribution is -2.25. The fourth-order valence-corrected chi connectivity index (χ4v) is 3.67. The van der Waals surface area contributed by atoms with Gasteiger partial charge in [0.2, 0.25) is 0 Å². The minimum absolute atomic E-state index is 0.306. The molecule has 2 atom stereocenters. The molecule has 0 amide bonds. The maximum Gasteiger partial charge on any atom is 0.0958 e. The molecule has 1 aromatic rings. The Morgan fingerprint density at radius 2 is 2.44 bits per heavy atom. The number of hydrogen-bond acceptors (Lipinski definition) is 3. The van der Waals surface area contributed by atoms with E-state index in [0.29, 0.717) is 12.0 Å². The summed E-state index contributed by atoms with van der Waals surface area (Å²) < 4.78 is 7.04. The average molecular weight is 304 g/mol. The van der Waals surface area contributed by atoms with Crippen molar-refractivity contribution in [2.75, 3.05) is 19.7 Å². The van der Waals surface area contributed by atoms with E-state index in [9.17, 15) is 0 Å². The molecule has 0 radical (unpaired) electrons. The van der Waals surface area contributed by atoms with Gasteiger partial charge in [-0.2, -0.15) is 0 Å². The molecule has 90 valence electrons. The molecule has 2 heterocycles. The molecule has 16 heavy (non-hydrogen) atoms. The highest BCUT2D eigenvalue weighted by Gasteiger charge is 2.30. The molecule has 1 aromatic heterocycles. The van der Waals surface area contributed by atoms with Crippen LogP contribution in [0.5, 0.6) is 0 Å². The van der Waals surface area contributed by atoms with Crippen LogP contribution in [0, 0.1) is 5.92 Å². The minimum atomic E-state index is 0.306. The zero-order chi connectivity index (χ0) is 11.4. The van der Waals surface area contributed by atoms with Gasteiger partial charge in [-0.25, -0.2) is 0 Å². The van der Waals surface area contributed by atoms with Crippen molar-refractivity contribution < 1.29 is 4.74 Å². The molecule has 1 saturated heterocycles.